The lowest BCUT2D eigenvalue weighted by Gasteiger charge is -2.03. The van der Waals surface area contributed by atoms with Crippen LogP contribution in [0.4, 0.5) is 10.2 Å². The highest BCUT2D eigenvalue weighted by Crippen LogP contribution is 2.12. The molecule has 0 atom stereocenters. The first-order valence-electron chi connectivity index (χ1n) is 7.29. The second kappa shape index (κ2) is 6.56. The number of carboxylic acids is 1. The van der Waals surface area contributed by atoms with Crippen LogP contribution in [0.25, 0.3) is 0 Å². The van der Waals surface area contributed by atoms with Gasteiger partial charge in [0.2, 0.25) is 0 Å². The molecule has 2 heterocycles. The number of aromatic nitrogens is 4. The fourth-order valence-electron chi connectivity index (χ4n) is 2.31. The summed E-state index contributed by atoms with van der Waals surface area (Å²) in [6.45, 7) is 0.201. The van der Waals surface area contributed by atoms with E-state index in [0.717, 1.165) is 0 Å². The highest BCUT2D eigenvalue weighted by Gasteiger charge is 2.21. The average Bonchev–Trinajstić information content (AvgIpc) is 3.16. The molecule has 0 radical (unpaired) electrons. The van der Waals surface area contributed by atoms with Crippen LogP contribution in [0.2, 0.25) is 0 Å². The number of benzene rings is 1. The van der Waals surface area contributed by atoms with Gasteiger partial charge in [-0.3, -0.25) is 14.2 Å². The molecule has 0 aliphatic rings. The fourth-order valence-corrected chi connectivity index (χ4v) is 2.31. The maximum Gasteiger partial charge on any atom is 0.339 e. The molecule has 128 valence electrons. The second-order valence-corrected chi connectivity index (χ2v) is 5.31. The Bertz CT molecular complexity index is 947. The molecule has 3 rings (SSSR count). The van der Waals surface area contributed by atoms with Crippen LogP contribution in [-0.4, -0.2) is 36.5 Å². The molecule has 1 aromatic carbocycles. The Hall–Kier alpha value is -3.49. The average molecular weight is 343 g/mol. The van der Waals surface area contributed by atoms with E-state index in [-0.39, 0.29) is 29.4 Å². The van der Waals surface area contributed by atoms with Gasteiger partial charge in [0.1, 0.15) is 11.4 Å². The maximum atomic E-state index is 13.7. The quantitative estimate of drug-likeness (QED) is 0.735. The Kier molecular flexibility index (Phi) is 4.29. The molecule has 0 saturated heterocycles. The van der Waals surface area contributed by atoms with Crippen molar-refractivity contribution in [1.29, 1.82) is 0 Å². The molecular weight excluding hydrogens is 329 g/mol. The minimum Gasteiger partial charge on any atom is -0.478 e. The lowest BCUT2D eigenvalue weighted by molar-refractivity contribution is 0.0692. The Balaban J connectivity index is 1.74. The van der Waals surface area contributed by atoms with Gasteiger partial charge >= 0.3 is 5.97 Å². The number of anilines is 1. The van der Waals surface area contributed by atoms with Crippen molar-refractivity contribution in [3.8, 4) is 0 Å². The maximum absolute atomic E-state index is 13.7. The third kappa shape index (κ3) is 3.55. The van der Waals surface area contributed by atoms with Crippen LogP contribution in [0, 0.1) is 5.82 Å². The summed E-state index contributed by atoms with van der Waals surface area (Å²) in [4.78, 5) is 23.4. The lowest BCUT2D eigenvalue weighted by atomic mass is 10.2. The van der Waals surface area contributed by atoms with Gasteiger partial charge in [0, 0.05) is 31.1 Å². The molecule has 0 aliphatic heterocycles. The van der Waals surface area contributed by atoms with E-state index in [4.69, 9.17) is 5.11 Å². The number of aromatic carboxylic acids is 1. The molecule has 8 nitrogen and oxygen atoms in total. The van der Waals surface area contributed by atoms with E-state index in [0.29, 0.717) is 5.56 Å². The van der Waals surface area contributed by atoms with E-state index < -0.39 is 11.9 Å². The molecule has 0 unspecified atom stereocenters. The van der Waals surface area contributed by atoms with Crippen LogP contribution in [-0.2, 0) is 13.6 Å². The first-order chi connectivity index (χ1) is 11.9. The highest BCUT2D eigenvalue weighted by molar-refractivity contribution is 6.08. The number of amides is 1. The van der Waals surface area contributed by atoms with E-state index in [9.17, 15) is 14.0 Å². The third-order valence-electron chi connectivity index (χ3n) is 3.45. The van der Waals surface area contributed by atoms with E-state index >= 15 is 0 Å². The van der Waals surface area contributed by atoms with E-state index in [1.807, 2.05) is 0 Å². The molecule has 0 saturated carbocycles. The summed E-state index contributed by atoms with van der Waals surface area (Å²) in [6, 6.07) is 7.85. The number of hydrogen-bond donors (Lipinski definition) is 2. The first-order valence-corrected chi connectivity index (χ1v) is 7.29. The molecular formula is C16H14FN5O3. The summed E-state index contributed by atoms with van der Waals surface area (Å²) in [5.41, 5.74) is 0.0470. The molecule has 1 amide bonds. The fraction of sp³-hybridized carbons (Fsp3) is 0.125. The normalized spacial score (nSPS) is 10.6. The minimum atomic E-state index is -1.25. The van der Waals surface area contributed by atoms with E-state index in [2.05, 4.69) is 15.5 Å². The van der Waals surface area contributed by atoms with Gasteiger partial charge in [0.15, 0.2) is 11.5 Å². The number of aryl methyl sites for hydroxylation is 1. The summed E-state index contributed by atoms with van der Waals surface area (Å²) in [7, 11) is 1.52. The lowest BCUT2D eigenvalue weighted by Crippen LogP contribution is -2.17. The number of halogens is 1. The van der Waals surface area contributed by atoms with Crippen molar-refractivity contribution < 1.29 is 19.1 Å². The summed E-state index contributed by atoms with van der Waals surface area (Å²) < 4.78 is 16.4. The van der Waals surface area contributed by atoms with Crippen molar-refractivity contribution in [2.45, 2.75) is 6.54 Å². The van der Waals surface area contributed by atoms with Crippen molar-refractivity contribution >= 4 is 17.7 Å². The second-order valence-electron chi connectivity index (χ2n) is 5.31. The van der Waals surface area contributed by atoms with Crippen molar-refractivity contribution in [1.82, 2.24) is 19.6 Å². The molecule has 0 bridgehead atoms. The zero-order valence-corrected chi connectivity index (χ0v) is 13.2. The van der Waals surface area contributed by atoms with Crippen LogP contribution in [0.5, 0.6) is 0 Å². The minimum absolute atomic E-state index is 0.201. The van der Waals surface area contributed by atoms with Gasteiger partial charge in [-0.1, -0.05) is 18.2 Å². The molecule has 3 aromatic rings. The van der Waals surface area contributed by atoms with Gasteiger partial charge in [-0.2, -0.15) is 10.2 Å². The Morgan fingerprint density at radius 2 is 2.00 bits per heavy atom. The summed E-state index contributed by atoms with van der Waals surface area (Å²) in [5, 5.41) is 19.6. The molecule has 25 heavy (non-hydrogen) atoms. The van der Waals surface area contributed by atoms with Gasteiger partial charge in [0.25, 0.3) is 5.91 Å². The van der Waals surface area contributed by atoms with Crippen LogP contribution >= 0.6 is 0 Å². The molecule has 0 spiro atoms. The zero-order valence-electron chi connectivity index (χ0n) is 13.2. The number of hydrogen-bond acceptors (Lipinski definition) is 4. The Labute approximate surface area is 141 Å². The largest absolute Gasteiger partial charge is 0.478 e. The van der Waals surface area contributed by atoms with Crippen molar-refractivity contribution in [2.75, 3.05) is 5.32 Å². The molecule has 0 aliphatic carbocycles. The monoisotopic (exact) mass is 343 g/mol. The van der Waals surface area contributed by atoms with E-state index in [1.54, 1.807) is 24.4 Å². The number of nitrogens with one attached hydrogen (secondary N) is 1. The number of carboxylic acid groups (broad SMARTS) is 1. The summed E-state index contributed by atoms with van der Waals surface area (Å²) in [5.74, 6) is -2.07. The zero-order chi connectivity index (χ0) is 18.0. The first kappa shape index (κ1) is 16.4. The smallest absolute Gasteiger partial charge is 0.339 e. The van der Waals surface area contributed by atoms with Gasteiger partial charge in [-0.05, 0) is 6.07 Å². The number of nitrogens with zero attached hydrogens (tertiary/aromatic N) is 4. The molecule has 0 fully saturated rings. The van der Waals surface area contributed by atoms with Crippen LogP contribution in [0.3, 0.4) is 0 Å². The predicted molar refractivity (Wildman–Crippen MR) is 85.8 cm³/mol. The molecule has 2 N–H and O–H groups in total. The Morgan fingerprint density at radius 3 is 2.72 bits per heavy atom. The van der Waals surface area contributed by atoms with Gasteiger partial charge in [-0.25, -0.2) is 9.18 Å². The SMILES string of the molecule is Cn1cc(C(=O)O)c(C(=O)Nc2ccn(Cc3ccccc3F)n2)n1. The number of carbonyl (C=O) groups excluding carboxylic acids is 1. The van der Waals surface area contributed by atoms with Crippen LogP contribution in [0.1, 0.15) is 26.4 Å². The summed E-state index contributed by atoms with van der Waals surface area (Å²) in [6.07, 6.45) is 2.83. The Morgan fingerprint density at radius 1 is 1.24 bits per heavy atom. The number of rotatable bonds is 5. The molecule has 9 heteroatoms. The van der Waals surface area contributed by atoms with Crippen molar-refractivity contribution in [3.05, 3.63) is 65.4 Å². The summed E-state index contributed by atoms with van der Waals surface area (Å²) >= 11 is 0. The standard InChI is InChI=1S/C16H14FN5O3/c1-21-9-11(16(24)25)14(20-21)15(23)18-13-6-7-22(19-13)8-10-4-2-3-5-12(10)17/h2-7,9H,8H2,1H3,(H,24,25)(H,18,19,23). The van der Waals surface area contributed by atoms with Gasteiger partial charge in [-0.15, -0.1) is 0 Å². The van der Waals surface area contributed by atoms with Crippen molar-refractivity contribution in [3.63, 3.8) is 0 Å². The third-order valence-corrected chi connectivity index (χ3v) is 3.45. The molecule has 2 aromatic heterocycles. The predicted octanol–water partition coefficient (Wildman–Crippen LogP) is 1.75. The highest BCUT2D eigenvalue weighted by atomic mass is 19.1. The van der Waals surface area contributed by atoms with E-state index in [1.165, 1.54) is 34.7 Å². The number of carbonyl (C=O) groups is 2. The van der Waals surface area contributed by atoms with Crippen molar-refractivity contribution in [2.24, 2.45) is 7.05 Å². The van der Waals surface area contributed by atoms with Crippen LogP contribution < -0.4 is 5.32 Å². The van der Waals surface area contributed by atoms with Crippen LogP contribution in [0.15, 0.2) is 42.7 Å². The topological polar surface area (TPSA) is 102 Å². The van der Waals surface area contributed by atoms with Gasteiger partial charge < -0.3 is 10.4 Å². The van der Waals surface area contributed by atoms with Gasteiger partial charge in [0.05, 0.1) is 6.54 Å².